The molecular formula is C30H20O6P2. The van der Waals surface area contributed by atoms with E-state index in [1.807, 2.05) is 60.7 Å². The van der Waals surface area contributed by atoms with Gasteiger partial charge in [-0.1, -0.05) is 84.9 Å². The first-order chi connectivity index (χ1) is 18.5. The molecular weight excluding hydrogens is 518 g/mol. The zero-order valence-electron chi connectivity index (χ0n) is 19.9. The van der Waals surface area contributed by atoms with E-state index in [1.165, 1.54) is 0 Å². The highest BCUT2D eigenvalue weighted by Gasteiger charge is 2.42. The largest absolute Gasteiger partial charge is 0.463 e. The minimum Gasteiger partial charge on any atom is -0.412 e. The van der Waals surface area contributed by atoms with Crippen molar-refractivity contribution < 1.29 is 27.2 Å². The highest BCUT2D eigenvalue weighted by molar-refractivity contribution is 7.64. The van der Waals surface area contributed by atoms with Crippen LogP contribution >= 0.6 is 15.2 Å². The standard InChI is InChI=1S/C30H20O6P2/c31-37(29-19-9-3-13-23(29)21-11-1-5-15-25(21)33-37)35-27-17-7-8-18-28(27)36-38(32)30-20-10-4-14-24(30)22-12-2-6-16-26(22)34-38/h1-20H. The van der Waals surface area contributed by atoms with Crippen molar-refractivity contribution in [1.82, 2.24) is 0 Å². The third-order valence-corrected chi connectivity index (χ3v) is 10.2. The van der Waals surface area contributed by atoms with Gasteiger partial charge >= 0.3 is 15.2 Å². The lowest BCUT2D eigenvalue weighted by atomic mass is 10.0. The van der Waals surface area contributed by atoms with E-state index in [2.05, 4.69) is 0 Å². The summed E-state index contributed by atoms with van der Waals surface area (Å²) < 4.78 is 52.8. The average molecular weight is 538 g/mol. The monoisotopic (exact) mass is 538 g/mol. The smallest absolute Gasteiger partial charge is 0.412 e. The summed E-state index contributed by atoms with van der Waals surface area (Å²) in [5.74, 6) is 1.17. The molecule has 0 spiro atoms. The highest BCUT2D eigenvalue weighted by atomic mass is 31.2. The molecule has 0 aliphatic carbocycles. The van der Waals surface area contributed by atoms with Crippen LogP contribution in [-0.4, -0.2) is 0 Å². The van der Waals surface area contributed by atoms with Crippen LogP contribution in [0.5, 0.6) is 23.0 Å². The van der Waals surface area contributed by atoms with E-state index in [4.69, 9.17) is 18.1 Å². The Morgan fingerprint density at radius 2 is 0.763 bits per heavy atom. The molecule has 0 saturated carbocycles. The van der Waals surface area contributed by atoms with Crippen LogP contribution in [0.25, 0.3) is 22.3 Å². The van der Waals surface area contributed by atoms with Gasteiger partial charge in [-0.25, -0.2) is 9.13 Å². The van der Waals surface area contributed by atoms with Gasteiger partial charge in [0.1, 0.15) is 11.5 Å². The number of fused-ring (bicyclic) bond motifs is 6. The summed E-state index contributed by atoms with van der Waals surface area (Å²) in [6.07, 6.45) is 0. The minimum atomic E-state index is -3.89. The molecule has 2 atom stereocenters. The number of hydrogen-bond donors (Lipinski definition) is 0. The van der Waals surface area contributed by atoms with E-state index in [9.17, 15) is 9.13 Å². The summed E-state index contributed by atoms with van der Waals surface area (Å²) in [5, 5.41) is 0.877. The van der Waals surface area contributed by atoms with Crippen molar-refractivity contribution in [2.24, 2.45) is 0 Å². The van der Waals surface area contributed by atoms with Crippen molar-refractivity contribution in [1.29, 1.82) is 0 Å². The molecule has 0 bridgehead atoms. The lowest BCUT2D eigenvalue weighted by Crippen LogP contribution is -2.22. The normalized spacial score (nSPS) is 20.4. The minimum absolute atomic E-state index is 0.125. The van der Waals surface area contributed by atoms with Crippen molar-refractivity contribution in [3.63, 3.8) is 0 Å². The van der Waals surface area contributed by atoms with Crippen LogP contribution in [0, 0.1) is 0 Å². The molecule has 0 aromatic heterocycles. The molecule has 38 heavy (non-hydrogen) atoms. The van der Waals surface area contributed by atoms with Crippen LogP contribution in [0.3, 0.4) is 0 Å². The number of benzene rings is 5. The number of hydrogen-bond acceptors (Lipinski definition) is 6. The maximum atomic E-state index is 14.3. The summed E-state index contributed by atoms with van der Waals surface area (Å²) in [5.41, 5.74) is 3.20. The molecule has 2 heterocycles. The Labute approximate surface area is 219 Å². The van der Waals surface area contributed by atoms with E-state index in [1.54, 1.807) is 60.7 Å². The van der Waals surface area contributed by atoms with Crippen molar-refractivity contribution in [2.75, 3.05) is 0 Å². The van der Waals surface area contributed by atoms with Gasteiger partial charge in [0.15, 0.2) is 11.5 Å². The lowest BCUT2D eigenvalue weighted by molar-refractivity contribution is 0.372. The van der Waals surface area contributed by atoms with Crippen LogP contribution in [0.4, 0.5) is 0 Å². The van der Waals surface area contributed by atoms with Crippen LogP contribution in [0.1, 0.15) is 0 Å². The quantitative estimate of drug-likeness (QED) is 0.220. The molecule has 5 aromatic rings. The van der Waals surface area contributed by atoms with Crippen molar-refractivity contribution in [2.45, 2.75) is 0 Å². The molecule has 6 nitrogen and oxygen atoms in total. The third-order valence-electron chi connectivity index (χ3n) is 6.48. The fraction of sp³-hybridized carbons (Fsp3) is 0. The first-order valence-corrected chi connectivity index (χ1v) is 15.1. The van der Waals surface area contributed by atoms with E-state index in [0.29, 0.717) is 22.1 Å². The van der Waals surface area contributed by atoms with Crippen LogP contribution in [0.15, 0.2) is 121 Å². The molecule has 0 fully saturated rings. The fourth-order valence-corrected chi connectivity index (χ4v) is 8.41. The molecule has 0 amide bonds. The zero-order valence-corrected chi connectivity index (χ0v) is 21.7. The van der Waals surface area contributed by atoms with Gasteiger partial charge < -0.3 is 18.1 Å². The molecule has 2 unspecified atom stereocenters. The first-order valence-electron chi connectivity index (χ1n) is 12.0. The molecule has 0 radical (unpaired) electrons. The maximum Gasteiger partial charge on any atom is 0.463 e. The van der Waals surface area contributed by atoms with Crippen molar-refractivity contribution in [3.8, 4) is 45.3 Å². The maximum absolute atomic E-state index is 14.3. The number of para-hydroxylation sites is 4. The second-order valence-electron chi connectivity index (χ2n) is 8.83. The Bertz CT molecular complexity index is 1680. The molecule has 0 N–H and O–H groups in total. The van der Waals surface area contributed by atoms with Crippen LogP contribution in [-0.2, 0) is 9.13 Å². The van der Waals surface area contributed by atoms with E-state index in [-0.39, 0.29) is 11.5 Å². The predicted octanol–water partition coefficient (Wildman–Crippen LogP) is 7.60. The van der Waals surface area contributed by atoms with Gasteiger partial charge in [-0.05, 0) is 36.4 Å². The summed E-state index contributed by atoms with van der Waals surface area (Å²) in [4.78, 5) is 0. The van der Waals surface area contributed by atoms with E-state index < -0.39 is 15.2 Å². The molecule has 5 aromatic carbocycles. The van der Waals surface area contributed by atoms with Crippen molar-refractivity contribution >= 4 is 25.8 Å². The summed E-state index contributed by atoms with van der Waals surface area (Å²) in [7, 11) is -7.78. The van der Waals surface area contributed by atoms with Gasteiger partial charge in [0, 0.05) is 22.3 Å². The molecule has 2 aliphatic rings. The lowest BCUT2D eigenvalue weighted by Gasteiger charge is -2.30. The number of rotatable bonds is 4. The average Bonchev–Trinajstić information content (AvgIpc) is 2.94. The second kappa shape index (κ2) is 8.66. The van der Waals surface area contributed by atoms with E-state index >= 15 is 0 Å². The molecule has 8 heteroatoms. The van der Waals surface area contributed by atoms with Gasteiger partial charge in [0.2, 0.25) is 0 Å². The van der Waals surface area contributed by atoms with Crippen molar-refractivity contribution in [3.05, 3.63) is 121 Å². The Morgan fingerprint density at radius 3 is 1.21 bits per heavy atom. The topological polar surface area (TPSA) is 71.1 Å². The Hall–Kier alpha value is -4.24. The SMILES string of the molecule is O=P1(Oc2ccccc2OP2(=O)Oc3ccccc3-c3ccccc32)Oc2ccccc2-c2ccccc21. The van der Waals surface area contributed by atoms with Gasteiger partial charge in [0.25, 0.3) is 0 Å². The zero-order chi connectivity index (χ0) is 25.7. The van der Waals surface area contributed by atoms with Gasteiger partial charge in [-0.2, -0.15) is 0 Å². The Kier molecular flexibility index (Phi) is 5.23. The fourth-order valence-electron chi connectivity index (χ4n) is 4.77. The van der Waals surface area contributed by atoms with Gasteiger partial charge in [-0.3, -0.25) is 0 Å². The summed E-state index contributed by atoms with van der Waals surface area (Å²) in [6.45, 7) is 0. The summed E-state index contributed by atoms with van der Waals surface area (Å²) in [6, 6.07) is 36.0. The van der Waals surface area contributed by atoms with Crippen LogP contribution in [0.2, 0.25) is 0 Å². The van der Waals surface area contributed by atoms with Gasteiger partial charge in [-0.15, -0.1) is 0 Å². The summed E-state index contributed by atoms with van der Waals surface area (Å²) >= 11 is 0. The molecule has 0 saturated heterocycles. The third kappa shape index (κ3) is 3.65. The Morgan fingerprint density at radius 1 is 0.421 bits per heavy atom. The second-order valence-corrected chi connectivity index (χ2v) is 12.5. The first kappa shape index (κ1) is 22.9. The predicted molar refractivity (Wildman–Crippen MR) is 147 cm³/mol. The highest BCUT2D eigenvalue weighted by Crippen LogP contribution is 2.59. The van der Waals surface area contributed by atoms with Gasteiger partial charge in [0.05, 0.1) is 10.6 Å². The molecule has 7 rings (SSSR count). The van der Waals surface area contributed by atoms with Crippen LogP contribution < -0.4 is 28.7 Å². The molecule has 2 aliphatic heterocycles. The Balaban J connectivity index is 1.29. The van der Waals surface area contributed by atoms with E-state index in [0.717, 1.165) is 22.3 Å². The molecule has 186 valence electrons.